The third-order valence-corrected chi connectivity index (χ3v) is 3.20. The van der Waals surface area contributed by atoms with Crippen molar-refractivity contribution < 1.29 is 9.47 Å². The maximum atomic E-state index is 5.46. The summed E-state index contributed by atoms with van der Waals surface area (Å²) in [4.78, 5) is 0. The van der Waals surface area contributed by atoms with Crippen molar-refractivity contribution in [3.63, 3.8) is 0 Å². The molecule has 3 nitrogen and oxygen atoms in total. The first-order chi connectivity index (χ1) is 8.29. The minimum Gasteiger partial charge on any atom is -0.496 e. The lowest BCUT2D eigenvalue weighted by atomic mass is 10.0. The quantitative estimate of drug-likeness (QED) is 0.865. The van der Waals surface area contributed by atoms with Crippen LogP contribution in [0.2, 0.25) is 0 Å². The molecule has 1 N–H and O–H groups in total. The van der Waals surface area contributed by atoms with Gasteiger partial charge in [0.2, 0.25) is 0 Å². The summed E-state index contributed by atoms with van der Waals surface area (Å²) < 4.78 is 10.8. The van der Waals surface area contributed by atoms with E-state index >= 15 is 0 Å². The lowest BCUT2D eigenvalue weighted by Gasteiger charge is -2.24. The zero-order valence-corrected chi connectivity index (χ0v) is 10.7. The predicted octanol–water partition coefficient (Wildman–Crippen LogP) is 1.92. The van der Waals surface area contributed by atoms with Crippen molar-refractivity contribution in [2.45, 2.75) is 25.8 Å². The molecule has 1 saturated heterocycles. The number of benzene rings is 1. The third kappa shape index (κ3) is 3.45. The molecule has 17 heavy (non-hydrogen) atoms. The number of ether oxygens (including phenoxy) is 2. The smallest absolute Gasteiger partial charge is 0.122 e. The summed E-state index contributed by atoms with van der Waals surface area (Å²) in [5.41, 5.74) is 2.58. The summed E-state index contributed by atoms with van der Waals surface area (Å²) >= 11 is 0. The maximum Gasteiger partial charge on any atom is 0.122 e. The topological polar surface area (TPSA) is 30.5 Å². The summed E-state index contributed by atoms with van der Waals surface area (Å²) in [6, 6.07) is 6.83. The van der Waals surface area contributed by atoms with E-state index in [0.717, 1.165) is 38.3 Å². The van der Waals surface area contributed by atoms with E-state index in [1.807, 2.05) is 0 Å². The van der Waals surface area contributed by atoms with Gasteiger partial charge >= 0.3 is 0 Å². The van der Waals surface area contributed by atoms with E-state index in [9.17, 15) is 0 Å². The van der Waals surface area contributed by atoms with Crippen LogP contribution in [0.3, 0.4) is 0 Å². The zero-order chi connectivity index (χ0) is 12.1. The van der Waals surface area contributed by atoms with E-state index in [4.69, 9.17) is 9.47 Å². The largest absolute Gasteiger partial charge is 0.496 e. The average Bonchev–Trinajstić information content (AvgIpc) is 2.38. The Hall–Kier alpha value is -1.06. The van der Waals surface area contributed by atoms with Crippen LogP contribution in [0.25, 0.3) is 0 Å². The van der Waals surface area contributed by atoms with Crippen LogP contribution in [-0.4, -0.2) is 32.9 Å². The number of hydrogen-bond acceptors (Lipinski definition) is 3. The molecule has 0 amide bonds. The van der Waals surface area contributed by atoms with E-state index in [-0.39, 0.29) is 0 Å². The second-order valence-corrected chi connectivity index (χ2v) is 4.58. The molecule has 0 bridgehead atoms. The van der Waals surface area contributed by atoms with Crippen molar-refractivity contribution in [2.75, 3.05) is 26.9 Å². The van der Waals surface area contributed by atoms with Gasteiger partial charge in [0.25, 0.3) is 0 Å². The van der Waals surface area contributed by atoms with Crippen molar-refractivity contribution in [3.05, 3.63) is 29.3 Å². The van der Waals surface area contributed by atoms with Crippen LogP contribution in [0.1, 0.15) is 17.5 Å². The molecule has 1 unspecified atom stereocenters. The number of nitrogens with one attached hydrogen (secondary N) is 1. The highest BCUT2D eigenvalue weighted by atomic mass is 16.5. The summed E-state index contributed by atoms with van der Waals surface area (Å²) in [5.74, 6) is 0.993. The molecule has 1 aromatic carbocycles. The highest BCUT2D eigenvalue weighted by molar-refractivity contribution is 5.36. The van der Waals surface area contributed by atoms with Gasteiger partial charge in [0.05, 0.1) is 20.3 Å². The van der Waals surface area contributed by atoms with E-state index in [1.165, 1.54) is 11.1 Å². The van der Waals surface area contributed by atoms with E-state index in [0.29, 0.717) is 6.04 Å². The Kier molecular flexibility index (Phi) is 4.40. The minimum absolute atomic E-state index is 0.481. The Morgan fingerprint density at radius 3 is 3.06 bits per heavy atom. The molecule has 1 aliphatic heterocycles. The van der Waals surface area contributed by atoms with Crippen molar-refractivity contribution in [3.8, 4) is 5.75 Å². The summed E-state index contributed by atoms with van der Waals surface area (Å²) in [5, 5.41) is 3.48. The highest BCUT2D eigenvalue weighted by Crippen LogP contribution is 2.21. The van der Waals surface area contributed by atoms with E-state index in [2.05, 4.69) is 30.4 Å². The lowest BCUT2D eigenvalue weighted by Crippen LogP contribution is -2.41. The van der Waals surface area contributed by atoms with E-state index < -0.39 is 0 Å². The Labute approximate surface area is 103 Å². The Balaban J connectivity index is 1.95. The Morgan fingerprint density at radius 2 is 2.35 bits per heavy atom. The van der Waals surface area contributed by atoms with Gasteiger partial charge in [-0.25, -0.2) is 0 Å². The van der Waals surface area contributed by atoms with Crippen molar-refractivity contribution in [2.24, 2.45) is 0 Å². The molecular weight excluding hydrogens is 214 g/mol. The zero-order valence-electron chi connectivity index (χ0n) is 10.7. The van der Waals surface area contributed by atoms with Crippen LogP contribution in [0.4, 0.5) is 0 Å². The fourth-order valence-electron chi connectivity index (χ4n) is 2.24. The molecule has 1 fully saturated rings. The predicted molar refractivity (Wildman–Crippen MR) is 68.7 cm³/mol. The normalized spacial score (nSPS) is 20.2. The van der Waals surface area contributed by atoms with Gasteiger partial charge in [-0.3, -0.25) is 0 Å². The molecule has 0 spiro atoms. The van der Waals surface area contributed by atoms with Crippen LogP contribution in [-0.2, 0) is 11.2 Å². The van der Waals surface area contributed by atoms with Crippen LogP contribution < -0.4 is 10.1 Å². The number of hydrogen-bond donors (Lipinski definition) is 1. The molecule has 3 heteroatoms. The standard InChI is InChI=1S/C14H21NO2/c1-11-3-6-14(16-2)12(9-11)4-5-13-10-17-8-7-15-13/h3,6,9,13,15H,4-5,7-8,10H2,1-2H3. The molecule has 0 aliphatic carbocycles. The summed E-state index contributed by atoms with van der Waals surface area (Å²) in [7, 11) is 1.73. The van der Waals surface area contributed by atoms with Gasteiger partial charge in [-0.05, 0) is 31.4 Å². The van der Waals surface area contributed by atoms with Crippen molar-refractivity contribution >= 4 is 0 Å². The molecule has 1 aromatic rings. The van der Waals surface area contributed by atoms with Gasteiger partial charge in [0.1, 0.15) is 5.75 Å². The number of morpholine rings is 1. The Bertz CT molecular complexity index is 359. The second-order valence-electron chi connectivity index (χ2n) is 4.58. The van der Waals surface area contributed by atoms with Gasteiger partial charge in [0, 0.05) is 12.6 Å². The number of aryl methyl sites for hydroxylation is 2. The number of rotatable bonds is 4. The van der Waals surface area contributed by atoms with Crippen molar-refractivity contribution in [1.82, 2.24) is 5.32 Å². The lowest BCUT2D eigenvalue weighted by molar-refractivity contribution is 0.0743. The van der Waals surface area contributed by atoms with Crippen molar-refractivity contribution in [1.29, 1.82) is 0 Å². The monoisotopic (exact) mass is 235 g/mol. The molecule has 1 atom stereocenters. The molecule has 0 radical (unpaired) electrons. The van der Waals surface area contributed by atoms with Crippen LogP contribution in [0.15, 0.2) is 18.2 Å². The third-order valence-electron chi connectivity index (χ3n) is 3.20. The van der Waals surface area contributed by atoms with Gasteiger partial charge in [-0.15, -0.1) is 0 Å². The molecule has 1 heterocycles. The van der Waals surface area contributed by atoms with Gasteiger partial charge in [0.15, 0.2) is 0 Å². The van der Waals surface area contributed by atoms with Crippen LogP contribution >= 0.6 is 0 Å². The molecule has 0 saturated carbocycles. The second kappa shape index (κ2) is 6.03. The fourth-order valence-corrected chi connectivity index (χ4v) is 2.24. The molecule has 94 valence electrons. The molecule has 1 aliphatic rings. The highest BCUT2D eigenvalue weighted by Gasteiger charge is 2.13. The molecular formula is C14H21NO2. The minimum atomic E-state index is 0.481. The first kappa shape index (κ1) is 12.4. The SMILES string of the molecule is COc1ccc(C)cc1CCC1COCCN1. The van der Waals surface area contributed by atoms with Crippen LogP contribution in [0, 0.1) is 6.92 Å². The summed E-state index contributed by atoms with van der Waals surface area (Å²) in [6.45, 7) is 4.75. The molecule has 2 rings (SSSR count). The summed E-state index contributed by atoms with van der Waals surface area (Å²) in [6.07, 6.45) is 2.13. The number of methoxy groups -OCH3 is 1. The Morgan fingerprint density at radius 1 is 1.47 bits per heavy atom. The van der Waals surface area contributed by atoms with Gasteiger partial charge < -0.3 is 14.8 Å². The van der Waals surface area contributed by atoms with E-state index in [1.54, 1.807) is 7.11 Å². The maximum absolute atomic E-state index is 5.46. The average molecular weight is 235 g/mol. The van der Waals surface area contributed by atoms with Gasteiger partial charge in [-0.1, -0.05) is 17.7 Å². The van der Waals surface area contributed by atoms with Gasteiger partial charge in [-0.2, -0.15) is 0 Å². The van der Waals surface area contributed by atoms with Crippen LogP contribution in [0.5, 0.6) is 5.75 Å². The molecule has 0 aromatic heterocycles. The fraction of sp³-hybridized carbons (Fsp3) is 0.571. The first-order valence-electron chi connectivity index (χ1n) is 6.24. The first-order valence-corrected chi connectivity index (χ1v) is 6.24.